The molecule has 0 aromatic carbocycles. The largest absolute Gasteiger partial charge is 0.433 e. The van der Waals surface area contributed by atoms with Gasteiger partial charge in [-0.15, -0.1) is 0 Å². The van der Waals surface area contributed by atoms with Gasteiger partial charge in [-0.05, 0) is 31.4 Å². The second kappa shape index (κ2) is 7.47. The summed E-state index contributed by atoms with van der Waals surface area (Å²) in [6.07, 6.45) is -1.49. The number of primary amides is 1. The average molecular weight is 394 g/mol. The van der Waals surface area contributed by atoms with E-state index in [4.69, 9.17) is 5.73 Å². The molecule has 1 saturated carbocycles. The molecule has 28 heavy (non-hydrogen) atoms. The fourth-order valence-electron chi connectivity index (χ4n) is 3.19. The quantitative estimate of drug-likeness (QED) is 0.730. The molecule has 8 nitrogen and oxygen atoms in total. The summed E-state index contributed by atoms with van der Waals surface area (Å²) in [5.41, 5.74) is 4.56. The van der Waals surface area contributed by atoms with Crippen molar-refractivity contribution in [2.45, 2.75) is 37.6 Å². The van der Waals surface area contributed by atoms with Crippen molar-refractivity contribution in [3.63, 3.8) is 0 Å². The van der Waals surface area contributed by atoms with Gasteiger partial charge in [-0.2, -0.15) is 23.5 Å². The summed E-state index contributed by atoms with van der Waals surface area (Å²) in [7, 11) is 0. The summed E-state index contributed by atoms with van der Waals surface area (Å²) in [6, 6.07) is 3.75. The Morgan fingerprint density at radius 2 is 2.14 bits per heavy atom. The monoisotopic (exact) mass is 394 g/mol. The molecule has 1 fully saturated rings. The van der Waals surface area contributed by atoms with Crippen molar-refractivity contribution in [2.24, 2.45) is 11.7 Å². The maximum Gasteiger partial charge on any atom is 0.433 e. The number of nitrogens with zero attached hydrogens (tertiary/aromatic N) is 4. The van der Waals surface area contributed by atoms with Gasteiger partial charge in [0, 0.05) is 6.20 Å². The number of pyridine rings is 1. The number of aromatic nitrogens is 3. The minimum atomic E-state index is -4.56. The van der Waals surface area contributed by atoms with Gasteiger partial charge in [-0.25, -0.2) is 4.98 Å². The lowest BCUT2D eigenvalue weighted by molar-refractivity contribution is -0.141. The van der Waals surface area contributed by atoms with Crippen LogP contribution < -0.4 is 11.1 Å². The Kier molecular flexibility index (Phi) is 5.24. The lowest BCUT2D eigenvalue weighted by Crippen LogP contribution is -2.29. The molecule has 0 aliphatic heterocycles. The van der Waals surface area contributed by atoms with E-state index < -0.39 is 29.8 Å². The van der Waals surface area contributed by atoms with Crippen molar-refractivity contribution in [1.82, 2.24) is 14.8 Å². The first kappa shape index (κ1) is 19.6. The minimum absolute atomic E-state index is 0.0303. The van der Waals surface area contributed by atoms with Crippen LogP contribution in [-0.4, -0.2) is 31.9 Å². The number of alkyl halides is 3. The predicted octanol–water partition coefficient (Wildman–Crippen LogP) is 2.37. The number of nitrogens with two attached hydrogens (primary N) is 1. The zero-order chi connectivity index (χ0) is 20.5. The standard InChI is InChI=1S/C17H17F3N6O2/c18-17(19,20)14-4-1-10(7-23-14)24-16-12(15(22)28)8-26(25-16)13-3-2-11(27)5-9(13)6-21/h1,4,7-9,11,13,27H,2-3,5H2,(H2,22,28)(H,24,25). The zero-order valence-corrected chi connectivity index (χ0v) is 14.5. The maximum absolute atomic E-state index is 12.6. The fourth-order valence-corrected chi connectivity index (χ4v) is 3.19. The van der Waals surface area contributed by atoms with Gasteiger partial charge >= 0.3 is 6.18 Å². The molecule has 0 spiro atoms. The Balaban J connectivity index is 1.87. The van der Waals surface area contributed by atoms with E-state index >= 15 is 0 Å². The number of anilines is 2. The predicted molar refractivity (Wildman–Crippen MR) is 91.3 cm³/mol. The molecule has 148 valence electrons. The number of aliphatic hydroxyl groups is 1. The number of hydrogen-bond acceptors (Lipinski definition) is 6. The van der Waals surface area contributed by atoms with Gasteiger partial charge in [0.15, 0.2) is 5.82 Å². The van der Waals surface area contributed by atoms with Gasteiger partial charge in [0.05, 0.1) is 36.0 Å². The second-order valence-corrected chi connectivity index (χ2v) is 6.56. The van der Waals surface area contributed by atoms with Crippen LogP contribution in [0.15, 0.2) is 24.5 Å². The Morgan fingerprint density at radius 1 is 1.39 bits per heavy atom. The third-order valence-electron chi connectivity index (χ3n) is 4.61. The number of halogens is 3. The summed E-state index contributed by atoms with van der Waals surface area (Å²) in [5.74, 6) is -1.22. The Morgan fingerprint density at radius 3 is 2.71 bits per heavy atom. The molecule has 1 aliphatic rings. The van der Waals surface area contributed by atoms with Gasteiger partial charge in [0.2, 0.25) is 0 Å². The molecular weight excluding hydrogens is 377 g/mol. The highest BCUT2D eigenvalue weighted by Crippen LogP contribution is 2.35. The van der Waals surface area contributed by atoms with Gasteiger partial charge in [-0.1, -0.05) is 0 Å². The zero-order valence-electron chi connectivity index (χ0n) is 14.5. The first-order valence-electron chi connectivity index (χ1n) is 8.46. The number of hydrogen-bond donors (Lipinski definition) is 3. The molecule has 2 aromatic rings. The maximum atomic E-state index is 12.6. The van der Waals surface area contributed by atoms with Crippen LogP contribution >= 0.6 is 0 Å². The van der Waals surface area contributed by atoms with Crippen LogP contribution in [0.2, 0.25) is 0 Å². The molecule has 3 atom stereocenters. The Hall–Kier alpha value is -3.13. The lowest BCUT2D eigenvalue weighted by atomic mass is 9.84. The van der Waals surface area contributed by atoms with Gasteiger partial charge in [0.25, 0.3) is 5.91 Å². The van der Waals surface area contributed by atoms with E-state index in [1.807, 2.05) is 0 Å². The smallest absolute Gasteiger partial charge is 0.393 e. The first-order chi connectivity index (χ1) is 13.2. The SMILES string of the molecule is N#CC1CC(O)CCC1n1cc(C(N)=O)c(Nc2ccc(C(F)(F)F)nc2)n1. The summed E-state index contributed by atoms with van der Waals surface area (Å²) in [4.78, 5) is 15.1. The Labute approximate surface area is 157 Å². The number of nitriles is 1. The average Bonchev–Trinajstić information content (AvgIpc) is 3.05. The third-order valence-corrected chi connectivity index (χ3v) is 4.61. The number of amides is 1. The molecule has 4 N–H and O–H groups in total. The van der Waals surface area contributed by atoms with E-state index in [1.54, 1.807) is 0 Å². The van der Waals surface area contributed by atoms with Gasteiger partial charge in [0.1, 0.15) is 11.3 Å². The number of carbonyl (C=O) groups excluding carboxylic acids is 1. The number of carbonyl (C=O) groups is 1. The van der Waals surface area contributed by atoms with Crippen molar-refractivity contribution in [3.05, 3.63) is 35.8 Å². The summed E-state index contributed by atoms with van der Waals surface area (Å²) < 4.78 is 39.3. The molecule has 3 rings (SSSR count). The Bertz CT molecular complexity index is 903. The van der Waals surface area contributed by atoms with E-state index in [9.17, 15) is 28.3 Å². The van der Waals surface area contributed by atoms with E-state index in [1.165, 1.54) is 10.9 Å². The van der Waals surface area contributed by atoms with Gasteiger partial charge < -0.3 is 16.2 Å². The van der Waals surface area contributed by atoms with Crippen molar-refractivity contribution >= 4 is 17.4 Å². The van der Waals surface area contributed by atoms with Crippen molar-refractivity contribution < 1.29 is 23.1 Å². The van der Waals surface area contributed by atoms with E-state index in [0.717, 1.165) is 18.3 Å². The van der Waals surface area contributed by atoms with Crippen LogP contribution in [0.25, 0.3) is 0 Å². The molecule has 1 amide bonds. The van der Waals surface area contributed by atoms with Crippen molar-refractivity contribution in [3.8, 4) is 6.07 Å². The molecule has 2 heterocycles. The van der Waals surface area contributed by atoms with Crippen molar-refractivity contribution in [1.29, 1.82) is 5.26 Å². The first-order valence-corrected chi connectivity index (χ1v) is 8.46. The second-order valence-electron chi connectivity index (χ2n) is 6.56. The molecular formula is C17H17F3N6O2. The number of rotatable bonds is 4. The van der Waals surface area contributed by atoms with E-state index in [-0.39, 0.29) is 23.1 Å². The molecule has 3 unspecified atom stereocenters. The van der Waals surface area contributed by atoms with Crippen molar-refractivity contribution in [2.75, 3.05) is 5.32 Å². The minimum Gasteiger partial charge on any atom is -0.393 e. The summed E-state index contributed by atoms with van der Waals surface area (Å²) in [6.45, 7) is 0. The summed E-state index contributed by atoms with van der Waals surface area (Å²) >= 11 is 0. The normalized spacial score (nSPS) is 22.5. The van der Waals surface area contributed by atoms with Crippen LogP contribution in [0.4, 0.5) is 24.7 Å². The molecule has 0 saturated heterocycles. The molecule has 2 aromatic heterocycles. The molecule has 1 aliphatic carbocycles. The fraction of sp³-hybridized carbons (Fsp3) is 0.412. The van der Waals surface area contributed by atoms with E-state index in [2.05, 4.69) is 21.5 Å². The molecule has 0 radical (unpaired) electrons. The van der Waals surface area contributed by atoms with Crippen LogP contribution in [0, 0.1) is 17.2 Å². The third kappa shape index (κ3) is 4.07. The number of nitrogens with one attached hydrogen (secondary N) is 1. The van der Waals surface area contributed by atoms with Crippen LogP contribution in [0.5, 0.6) is 0 Å². The summed E-state index contributed by atoms with van der Waals surface area (Å²) in [5, 5.41) is 26.1. The van der Waals surface area contributed by atoms with Crippen LogP contribution in [-0.2, 0) is 6.18 Å². The topological polar surface area (TPSA) is 130 Å². The van der Waals surface area contributed by atoms with Crippen LogP contribution in [0.3, 0.4) is 0 Å². The van der Waals surface area contributed by atoms with E-state index in [0.29, 0.717) is 19.3 Å². The number of aliphatic hydroxyl groups excluding tert-OH is 1. The highest BCUT2D eigenvalue weighted by Gasteiger charge is 2.33. The van der Waals surface area contributed by atoms with Gasteiger partial charge in [-0.3, -0.25) is 9.48 Å². The highest BCUT2D eigenvalue weighted by atomic mass is 19.4. The molecule has 0 bridgehead atoms. The lowest BCUT2D eigenvalue weighted by Gasteiger charge is -2.30. The van der Waals surface area contributed by atoms with Crippen LogP contribution in [0.1, 0.15) is 41.4 Å². The molecule has 11 heteroatoms. The highest BCUT2D eigenvalue weighted by molar-refractivity contribution is 5.98.